The minimum Gasteiger partial charge on any atom is -0.464 e. The van der Waals surface area contributed by atoms with E-state index in [4.69, 9.17) is 10.2 Å². The Balaban J connectivity index is 1.45. The lowest BCUT2D eigenvalue weighted by molar-refractivity contribution is -0.115. The summed E-state index contributed by atoms with van der Waals surface area (Å²) in [5, 5.41) is 24.3. The maximum atomic E-state index is 13.1. The van der Waals surface area contributed by atoms with E-state index in [0.29, 0.717) is 11.4 Å². The molecule has 1 atom stereocenters. The van der Waals surface area contributed by atoms with Gasteiger partial charge in [-0.05, 0) is 50.2 Å². The summed E-state index contributed by atoms with van der Waals surface area (Å²) in [6, 6.07) is 21.5. The molecule has 182 valence electrons. The number of thioether (sulfide) groups is 1. The van der Waals surface area contributed by atoms with Crippen molar-refractivity contribution in [2.45, 2.75) is 30.7 Å². The first kappa shape index (κ1) is 24.0. The van der Waals surface area contributed by atoms with E-state index in [9.17, 15) is 15.3 Å². The Hall–Kier alpha value is -4.73. The molecule has 0 fully saturated rings. The fourth-order valence-electron chi connectivity index (χ4n) is 4.49. The molecule has 0 spiro atoms. The van der Waals surface area contributed by atoms with Gasteiger partial charge in [-0.25, -0.2) is 4.98 Å². The maximum absolute atomic E-state index is 13.1. The first-order valence-corrected chi connectivity index (χ1v) is 12.5. The van der Waals surface area contributed by atoms with Crippen molar-refractivity contribution in [2.24, 2.45) is 0 Å². The molecule has 9 heteroatoms. The van der Waals surface area contributed by atoms with Gasteiger partial charge in [-0.1, -0.05) is 30.0 Å². The molecule has 0 saturated carbocycles. The number of nitrogens with zero attached hydrogens (tertiary/aromatic N) is 4. The highest BCUT2D eigenvalue weighted by atomic mass is 32.2. The van der Waals surface area contributed by atoms with Crippen LogP contribution in [0.4, 0.5) is 11.5 Å². The molecule has 0 radical (unpaired) electrons. The lowest BCUT2D eigenvalue weighted by Gasteiger charge is -2.15. The van der Waals surface area contributed by atoms with E-state index in [0.717, 1.165) is 40.1 Å². The second-order valence-corrected chi connectivity index (χ2v) is 9.70. The van der Waals surface area contributed by atoms with Crippen LogP contribution in [0.2, 0.25) is 0 Å². The van der Waals surface area contributed by atoms with Gasteiger partial charge in [0, 0.05) is 34.0 Å². The summed E-state index contributed by atoms with van der Waals surface area (Å²) in [5.41, 5.74) is 9.45. The zero-order chi connectivity index (χ0) is 26.1. The average molecular weight is 507 g/mol. The minimum atomic E-state index is -0.607. The van der Waals surface area contributed by atoms with Gasteiger partial charge in [0.25, 0.3) is 0 Å². The molecule has 1 amide bonds. The summed E-state index contributed by atoms with van der Waals surface area (Å²) in [5.74, 6) is 0.0539. The Bertz CT molecular complexity index is 1740. The average Bonchev–Trinajstić information content (AvgIpc) is 3.54. The Labute approximate surface area is 217 Å². The second-order valence-electron chi connectivity index (χ2n) is 8.37. The number of pyridine rings is 1. The van der Waals surface area contributed by atoms with Crippen LogP contribution in [0.15, 0.2) is 70.3 Å². The van der Waals surface area contributed by atoms with Crippen LogP contribution in [0.1, 0.15) is 25.0 Å². The number of aromatic nitrogens is 2. The number of para-hydroxylation sites is 1. The number of carbonyl (C=O) groups is 1. The number of rotatable bonds is 6. The van der Waals surface area contributed by atoms with Crippen LogP contribution in [0.25, 0.3) is 33.1 Å². The van der Waals surface area contributed by atoms with Gasteiger partial charge in [0.2, 0.25) is 5.91 Å². The summed E-state index contributed by atoms with van der Waals surface area (Å²) < 4.78 is 7.69. The van der Waals surface area contributed by atoms with Crippen LogP contribution >= 0.6 is 11.8 Å². The predicted molar refractivity (Wildman–Crippen MR) is 145 cm³/mol. The Morgan fingerprint density at radius 2 is 1.86 bits per heavy atom. The zero-order valence-corrected chi connectivity index (χ0v) is 21.0. The van der Waals surface area contributed by atoms with Gasteiger partial charge >= 0.3 is 0 Å². The zero-order valence-electron chi connectivity index (χ0n) is 20.1. The van der Waals surface area contributed by atoms with Gasteiger partial charge in [0.1, 0.15) is 34.3 Å². The molecular formula is C28H22N6O2S. The fourth-order valence-corrected chi connectivity index (χ4v) is 5.41. The van der Waals surface area contributed by atoms with Crippen LogP contribution in [0.5, 0.6) is 0 Å². The molecule has 8 nitrogen and oxygen atoms in total. The smallest absolute Gasteiger partial charge is 0.237 e. The molecule has 0 bridgehead atoms. The Morgan fingerprint density at radius 3 is 2.57 bits per heavy atom. The van der Waals surface area contributed by atoms with Gasteiger partial charge < -0.3 is 20.0 Å². The van der Waals surface area contributed by atoms with Crippen molar-refractivity contribution in [1.82, 2.24) is 9.55 Å². The van der Waals surface area contributed by atoms with Crippen LogP contribution in [-0.4, -0.2) is 20.7 Å². The van der Waals surface area contributed by atoms with E-state index in [1.54, 1.807) is 19.1 Å². The molecule has 3 heterocycles. The monoisotopic (exact) mass is 506 g/mol. The number of carbonyl (C=O) groups excluding carboxylic acids is 1. The van der Waals surface area contributed by atoms with E-state index in [1.807, 2.05) is 36.4 Å². The van der Waals surface area contributed by atoms with E-state index in [-0.39, 0.29) is 33.4 Å². The Kier molecular flexibility index (Phi) is 6.31. The van der Waals surface area contributed by atoms with Crippen LogP contribution in [-0.2, 0) is 11.3 Å². The van der Waals surface area contributed by atoms with Crippen molar-refractivity contribution in [3.8, 4) is 23.5 Å². The molecule has 5 rings (SSSR count). The normalized spacial score (nSPS) is 11.8. The van der Waals surface area contributed by atoms with Gasteiger partial charge in [-0.2, -0.15) is 10.5 Å². The molecule has 0 aliphatic rings. The highest BCUT2D eigenvalue weighted by Crippen LogP contribution is 2.37. The van der Waals surface area contributed by atoms with E-state index >= 15 is 0 Å². The highest BCUT2D eigenvalue weighted by molar-refractivity contribution is 8.00. The molecule has 5 aromatic rings. The van der Waals surface area contributed by atoms with Gasteiger partial charge in [0.05, 0.1) is 22.6 Å². The number of furan rings is 1. The summed E-state index contributed by atoms with van der Waals surface area (Å²) in [6.45, 7) is 4.67. The molecule has 0 aliphatic carbocycles. The van der Waals surface area contributed by atoms with Crippen molar-refractivity contribution in [3.05, 3.63) is 72.0 Å². The van der Waals surface area contributed by atoms with E-state index in [1.165, 1.54) is 6.26 Å². The van der Waals surface area contributed by atoms with Crippen LogP contribution in [0, 0.1) is 22.7 Å². The quantitative estimate of drug-likeness (QED) is 0.273. The molecule has 1 unspecified atom stereocenters. The number of anilines is 2. The van der Waals surface area contributed by atoms with Crippen molar-refractivity contribution in [3.63, 3.8) is 0 Å². The number of aryl methyl sites for hydroxylation is 1. The number of nitrogens with one attached hydrogen (secondary N) is 1. The number of fused-ring (bicyclic) bond motifs is 3. The van der Waals surface area contributed by atoms with Gasteiger partial charge in [0.15, 0.2) is 0 Å². The number of nitrogen functional groups attached to an aromatic ring is 1. The van der Waals surface area contributed by atoms with E-state index in [2.05, 4.69) is 40.0 Å². The highest BCUT2D eigenvalue weighted by Gasteiger charge is 2.25. The molecule has 37 heavy (non-hydrogen) atoms. The lowest BCUT2D eigenvalue weighted by Crippen LogP contribution is -2.22. The number of hydrogen-bond donors (Lipinski definition) is 2. The molecule has 0 saturated heterocycles. The molecule has 2 aromatic carbocycles. The SMILES string of the molecule is CCn1c2ccccc2c2cc(NC(=O)C(C)Sc3nc(N)c(C#N)c(-c4ccco4)c3C#N)ccc21. The first-order valence-electron chi connectivity index (χ1n) is 11.6. The number of benzene rings is 2. The third-order valence-electron chi connectivity index (χ3n) is 6.20. The second kappa shape index (κ2) is 9.73. The topological polar surface area (TPSA) is 134 Å². The maximum Gasteiger partial charge on any atom is 0.237 e. The summed E-state index contributed by atoms with van der Waals surface area (Å²) in [4.78, 5) is 17.4. The summed E-state index contributed by atoms with van der Waals surface area (Å²) >= 11 is 1.10. The fraction of sp³-hybridized carbons (Fsp3) is 0.143. The number of nitrogens with two attached hydrogens (primary N) is 1. The number of nitriles is 2. The number of hydrogen-bond acceptors (Lipinski definition) is 7. The predicted octanol–water partition coefficient (Wildman–Crippen LogP) is 5.91. The lowest BCUT2D eigenvalue weighted by atomic mass is 10.0. The van der Waals surface area contributed by atoms with Crippen LogP contribution in [0.3, 0.4) is 0 Å². The first-order chi connectivity index (χ1) is 18.0. The summed E-state index contributed by atoms with van der Waals surface area (Å²) in [6.07, 6.45) is 1.45. The van der Waals surface area contributed by atoms with E-state index < -0.39 is 5.25 Å². The number of amides is 1. The molecule has 0 aliphatic heterocycles. The Morgan fingerprint density at radius 1 is 1.11 bits per heavy atom. The summed E-state index contributed by atoms with van der Waals surface area (Å²) in [7, 11) is 0. The van der Waals surface area contributed by atoms with Crippen molar-refractivity contribution >= 4 is 51.0 Å². The van der Waals surface area contributed by atoms with Crippen molar-refractivity contribution in [1.29, 1.82) is 10.5 Å². The van der Waals surface area contributed by atoms with Crippen molar-refractivity contribution in [2.75, 3.05) is 11.1 Å². The van der Waals surface area contributed by atoms with Crippen molar-refractivity contribution < 1.29 is 9.21 Å². The van der Waals surface area contributed by atoms with Gasteiger partial charge in [-0.3, -0.25) is 4.79 Å². The standard InChI is InChI=1S/C28H22N6O2S/c1-3-34-22-8-5-4-7-18(22)19-13-17(10-11-23(19)34)32-27(35)16(2)37-28-21(15-30)25(24-9-6-12-36-24)20(14-29)26(31)33-28/h4-13,16H,3H2,1-2H3,(H2,31,33)(H,32,35). The van der Waals surface area contributed by atoms with Gasteiger partial charge in [-0.15, -0.1) is 0 Å². The third-order valence-corrected chi connectivity index (χ3v) is 7.28. The minimum absolute atomic E-state index is 0.0271. The molecule has 3 aromatic heterocycles. The van der Waals surface area contributed by atoms with Crippen LogP contribution < -0.4 is 11.1 Å². The third kappa shape index (κ3) is 4.16. The molecular weight excluding hydrogens is 484 g/mol. The largest absolute Gasteiger partial charge is 0.464 e. The molecule has 3 N–H and O–H groups in total.